The van der Waals surface area contributed by atoms with Crippen molar-refractivity contribution in [2.45, 2.75) is 39.0 Å². The molecule has 0 fully saturated rings. The molecule has 0 aliphatic heterocycles. The van der Waals surface area contributed by atoms with Gasteiger partial charge in [-0.2, -0.15) is 0 Å². The van der Waals surface area contributed by atoms with Crippen molar-refractivity contribution in [3.8, 4) is 22.4 Å². The van der Waals surface area contributed by atoms with Gasteiger partial charge >= 0.3 is 0 Å². The lowest BCUT2D eigenvalue weighted by atomic mass is 9.97. The van der Waals surface area contributed by atoms with Gasteiger partial charge in [0.25, 0.3) is 10.0 Å². The van der Waals surface area contributed by atoms with E-state index in [-0.39, 0.29) is 4.90 Å². The van der Waals surface area contributed by atoms with Crippen LogP contribution < -0.4 is 4.72 Å². The average molecular weight is 538 g/mol. The van der Waals surface area contributed by atoms with Gasteiger partial charge in [-0.3, -0.25) is 14.7 Å². The lowest BCUT2D eigenvalue weighted by Crippen LogP contribution is -2.15. The Morgan fingerprint density at radius 1 is 0.941 bits per heavy atom. The van der Waals surface area contributed by atoms with Crippen molar-refractivity contribution in [3.63, 3.8) is 0 Å². The van der Waals surface area contributed by atoms with Crippen LogP contribution >= 0.6 is 15.9 Å². The van der Waals surface area contributed by atoms with Crippen molar-refractivity contribution in [2.24, 2.45) is 0 Å². The summed E-state index contributed by atoms with van der Waals surface area (Å²) in [5, 5.41) is 0. The van der Waals surface area contributed by atoms with Crippen molar-refractivity contribution in [1.82, 2.24) is 19.9 Å². The first-order chi connectivity index (χ1) is 16.2. The third kappa shape index (κ3) is 4.85. The first kappa shape index (κ1) is 24.0. The van der Waals surface area contributed by atoms with Crippen LogP contribution in [0.5, 0.6) is 0 Å². The Hall–Kier alpha value is -3.17. The molecule has 174 valence electrons. The van der Waals surface area contributed by atoms with E-state index in [0.29, 0.717) is 23.4 Å². The first-order valence-corrected chi connectivity index (χ1v) is 13.0. The monoisotopic (exact) mass is 537 g/mol. The Morgan fingerprint density at radius 3 is 2.44 bits per heavy atom. The number of aryl methyl sites for hydroxylation is 4. The highest BCUT2D eigenvalue weighted by Gasteiger charge is 2.21. The van der Waals surface area contributed by atoms with Crippen molar-refractivity contribution in [1.29, 1.82) is 0 Å². The number of halogens is 1. The second-order valence-electron chi connectivity index (χ2n) is 7.96. The largest absolute Gasteiger partial charge is 0.278 e. The van der Waals surface area contributed by atoms with Gasteiger partial charge in [0.1, 0.15) is 6.33 Å². The van der Waals surface area contributed by atoms with Crippen LogP contribution in [0.3, 0.4) is 0 Å². The summed E-state index contributed by atoms with van der Waals surface area (Å²) in [5.41, 5.74) is 6.56. The highest BCUT2D eigenvalue weighted by Crippen LogP contribution is 2.35. The van der Waals surface area contributed by atoms with Gasteiger partial charge in [-0.25, -0.2) is 18.4 Å². The number of sulfonamides is 1. The standard InChI is InChI=1S/C25H24BrN5O2S/c1-5-21-24(25(30-14-29-21)18-8-9-27-16(3)11-18)19-12-22(17(4)28-13-19)31-34(32,33)23-7-6-20(26)10-15(23)2/h6-14,31H,5H2,1-4H3. The summed E-state index contributed by atoms with van der Waals surface area (Å²) in [6.07, 6.45) is 5.71. The Morgan fingerprint density at radius 2 is 1.74 bits per heavy atom. The molecule has 3 heterocycles. The van der Waals surface area contributed by atoms with Crippen molar-refractivity contribution < 1.29 is 8.42 Å². The Labute approximate surface area is 207 Å². The maximum atomic E-state index is 13.2. The Kier molecular flexibility index (Phi) is 6.77. The number of benzene rings is 1. The van der Waals surface area contributed by atoms with Gasteiger partial charge in [0, 0.05) is 39.3 Å². The molecule has 0 saturated carbocycles. The van der Waals surface area contributed by atoms with E-state index < -0.39 is 10.0 Å². The minimum Gasteiger partial charge on any atom is -0.278 e. The number of nitrogens with zero attached hydrogens (tertiary/aromatic N) is 4. The molecule has 4 rings (SSSR count). The molecule has 0 bridgehead atoms. The van der Waals surface area contributed by atoms with Gasteiger partial charge in [-0.05, 0) is 69.2 Å². The summed E-state index contributed by atoms with van der Waals surface area (Å²) in [7, 11) is -3.82. The van der Waals surface area contributed by atoms with Gasteiger partial charge in [0.05, 0.1) is 27.7 Å². The molecule has 0 amide bonds. The summed E-state index contributed by atoms with van der Waals surface area (Å²) in [5.74, 6) is 0. The van der Waals surface area contributed by atoms with Crippen LogP contribution in [-0.4, -0.2) is 28.4 Å². The van der Waals surface area contributed by atoms with Crippen molar-refractivity contribution >= 4 is 31.6 Å². The molecule has 0 spiro atoms. The number of aromatic nitrogens is 4. The van der Waals surface area contributed by atoms with E-state index in [4.69, 9.17) is 0 Å². The molecular weight excluding hydrogens is 514 g/mol. The fraction of sp³-hybridized carbons (Fsp3) is 0.200. The fourth-order valence-electron chi connectivity index (χ4n) is 3.79. The third-order valence-corrected chi connectivity index (χ3v) is 7.50. The van der Waals surface area contributed by atoms with Crippen LogP contribution in [0.2, 0.25) is 0 Å². The van der Waals surface area contributed by atoms with Gasteiger partial charge in [-0.15, -0.1) is 0 Å². The Bertz CT molecular complexity index is 1490. The molecule has 4 aromatic rings. The summed E-state index contributed by atoms with van der Waals surface area (Å²) in [6, 6.07) is 10.7. The number of nitrogens with one attached hydrogen (secondary N) is 1. The van der Waals surface area contributed by atoms with Gasteiger partial charge in [-0.1, -0.05) is 22.9 Å². The normalized spacial score (nSPS) is 11.4. The first-order valence-electron chi connectivity index (χ1n) is 10.7. The summed E-state index contributed by atoms with van der Waals surface area (Å²) in [4.78, 5) is 18.0. The van der Waals surface area contributed by atoms with E-state index in [1.807, 2.05) is 26.0 Å². The average Bonchev–Trinajstić information content (AvgIpc) is 2.79. The number of pyridine rings is 2. The van der Waals surface area contributed by atoms with E-state index in [0.717, 1.165) is 38.2 Å². The Balaban J connectivity index is 1.83. The highest BCUT2D eigenvalue weighted by atomic mass is 79.9. The molecule has 0 aliphatic rings. The second kappa shape index (κ2) is 9.60. The van der Waals surface area contributed by atoms with Crippen LogP contribution in [0, 0.1) is 20.8 Å². The van der Waals surface area contributed by atoms with Crippen molar-refractivity contribution in [3.05, 3.63) is 82.2 Å². The lowest BCUT2D eigenvalue weighted by molar-refractivity contribution is 0.600. The second-order valence-corrected chi connectivity index (χ2v) is 10.5. The van der Waals surface area contributed by atoms with Gasteiger partial charge in [0.2, 0.25) is 0 Å². The zero-order valence-electron chi connectivity index (χ0n) is 19.3. The number of anilines is 1. The van der Waals surface area contributed by atoms with E-state index in [2.05, 4.69) is 40.6 Å². The number of rotatable bonds is 6. The maximum Gasteiger partial charge on any atom is 0.262 e. The molecule has 34 heavy (non-hydrogen) atoms. The molecule has 9 heteroatoms. The zero-order valence-corrected chi connectivity index (χ0v) is 21.7. The van der Waals surface area contributed by atoms with Crippen molar-refractivity contribution in [2.75, 3.05) is 4.72 Å². The summed E-state index contributed by atoms with van der Waals surface area (Å²) >= 11 is 3.38. The predicted octanol–water partition coefficient (Wildman–Crippen LogP) is 5.65. The van der Waals surface area contributed by atoms with Crippen LogP contribution in [-0.2, 0) is 16.4 Å². The quantitative estimate of drug-likeness (QED) is 0.341. The smallest absolute Gasteiger partial charge is 0.262 e. The van der Waals surface area contributed by atoms with E-state index in [9.17, 15) is 8.42 Å². The maximum absolute atomic E-state index is 13.2. The van der Waals surface area contributed by atoms with Crippen LogP contribution in [0.15, 0.2) is 64.5 Å². The molecule has 0 aliphatic carbocycles. The molecule has 0 unspecified atom stereocenters. The predicted molar refractivity (Wildman–Crippen MR) is 137 cm³/mol. The van der Waals surface area contributed by atoms with E-state index in [1.165, 1.54) is 0 Å². The minimum atomic E-state index is -3.82. The molecule has 7 nitrogen and oxygen atoms in total. The lowest BCUT2D eigenvalue weighted by Gasteiger charge is -2.16. The van der Waals surface area contributed by atoms with Gasteiger partial charge in [0.15, 0.2) is 0 Å². The van der Waals surface area contributed by atoms with Crippen LogP contribution in [0.25, 0.3) is 22.4 Å². The van der Waals surface area contributed by atoms with Gasteiger partial charge < -0.3 is 0 Å². The molecule has 0 saturated heterocycles. The topological polar surface area (TPSA) is 97.7 Å². The molecule has 3 aromatic heterocycles. The third-order valence-electron chi connectivity index (χ3n) is 5.48. The van der Waals surface area contributed by atoms with Crippen LogP contribution in [0.4, 0.5) is 5.69 Å². The molecule has 0 atom stereocenters. The fourth-order valence-corrected chi connectivity index (χ4v) is 5.60. The summed E-state index contributed by atoms with van der Waals surface area (Å²) in [6.45, 7) is 7.48. The minimum absolute atomic E-state index is 0.214. The summed E-state index contributed by atoms with van der Waals surface area (Å²) < 4.78 is 29.9. The molecule has 0 radical (unpaired) electrons. The van der Waals surface area contributed by atoms with E-state index >= 15 is 0 Å². The molecular formula is C25H24BrN5O2S. The van der Waals surface area contributed by atoms with Crippen LogP contribution in [0.1, 0.15) is 29.6 Å². The van der Waals surface area contributed by atoms with E-state index in [1.54, 1.807) is 56.8 Å². The number of hydrogen-bond donors (Lipinski definition) is 1. The highest BCUT2D eigenvalue weighted by molar-refractivity contribution is 9.10. The molecule has 1 N–H and O–H groups in total. The molecule has 1 aromatic carbocycles. The number of hydrogen-bond acceptors (Lipinski definition) is 6. The SMILES string of the molecule is CCc1ncnc(-c2ccnc(C)c2)c1-c1cnc(C)c(NS(=O)(=O)c2ccc(Br)cc2C)c1. The zero-order chi connectivity index (χ0) is 24.5.